The molecule has 0 unspecified atom stereocenters. The number of hydrogen-bond donors (Lipinski definition) is 2. The number of benzene rings is 3. The average molecular weight is 549 g/mol. The number of allylic oxidation sites excluding steroid dienone is 3. The van der Waals surface area contributed by atoms with Crippen LogP contribution in [0, 0.1) is 0 Å². The van der Waals surface area contributed by atoms with E-state index in [-0.39, 0.29) is 29.4 Å². The molecule has 1 heterocycles. The van der Waals surface area contributed by atoms with Crippen LogP contribution in [-0.2, 0) is 15.8 Å². The molecule has 8 heteroatoms. The van der Waals surface area contributed by atoms with Gasteiger partial charge in [-0.25, -0.2) is 0 Å². The number of carbonyl (C=O) groups excluding carboxylic acids is 2. The number of amides is 1. The first kappa shape index (κ1) is 26.8. The van der Waals surface area contributed by atoms with Crippen molar-refractivity contribution >= 4 is 29.1 Å². The number of thioether (sulfide) groups is 1. The number of para-hydroxylation sites is 1. The molecular formula is C31H27F3N2O2S. The summed E-state index contributed by atoms with van der Waals surface area (Å²) in [4.78, 5) is 28.5. The van der Waals surface area contributed by atoms with Crippen LogP contribution < -0.4 is 10.6 Å². The lowest BCUT2D eigenvalue weighted by atomic mass is 9.71. The first-order valence-electron chi connectivity index (χ1n) is 12.6. The number of hydrogen-bond acceptors (Lipinski definition) is 4. The second-order valence-corrected chi connectivity index (χ2v) is 10.6. The van der Waals surface area contributed by atoms with E-state index in [1.165, 1.54) is 18.2 Å². The van der Waals surface area contributed by atoms with Crippen molar-refractivity contribution in [3.8, 4) is 0 Å². The molecule has 39 heavy (non-hydrogen) atoms. The van der Waals surface area contributed by atoms with E-state index in [0.29, 0.717) is 17.7 Å². The minimum absolute atomic E-state index is 0.00805. The number of Topliss-reactive ketones (excluding diaryl/α,β-unsaturated/α-hetero) is 1. The number of halogens is 3. The van der Waals surface area contributed by atoms with Crippen LogP contribution in [0.4, 0.5) is 18.9 Å². The zero-order valence-electron chi connectivity index (χ0n) is 21.4. The summed E-state index contributed by atoms with van der Waals surface area (Å²) in [5.41, 5.74) is 2.54. The van der Waals surface area contributed by atoms with E-state index in [4.69, 9.17) is 0 Å². The summed E-state index contributed by atoms with van der Waals surface area (Å²) in [7, 11) is 0. The smallest absolute Gasteiger partial charge is 0.362 e. The molecule has 3 aromatic carbocycles. The zero-order chi connectivity index (χ0) is 27.7. The molecule has 1 aliphatic heterocycles. The second-order valence-electron chi connectivity index (χ2n) is 9.70. The molecular weight excluding hydrogens is 521 g/mol. The van der Waals surface area contributed by atoms with Gasteiger partial charge >= 0.3 is 6.18 Å². The van der Waals surface area contributed by atoms with Crippen molar-refractivity contribution in [2.24, 2.45) is 0 Å². The fraction of sp³-hybridized carbons (Fsp3) is 0.226. The number of alkyl halides is 3. The number of dihydropyridines is 1. The molecule has 0 spiro atoms. The highest BCUT2D eigenvalue weighted by Crippen LogP contribution is 2.46. The first-order chi connectivity index (χ1) is 18.7. The van der Waals surface area contributed by atoms with Crippen molar-refractivity contribution in [1.82, 2.24) is 5.32 Å². The standard InChI is InChI=1S/C31H27F3N2O2S/c1-18-27(30(38)36-24-11-7-6-10-23(24)31(32,33)34)28(20-12-14-22(39-2)15-13-20)29-25(35-18)16-21(17-26(29)37)19-8-4-3-5-9-19/h3-15,21,28,35H,16-17H2,1-2H3,(H,36,38)/t21-,28+/m0/s1. The highest BCUT2D eigenvalue weighted by atomic mass is 32.2. The summed E-state index contributed by atoms with van der Waals surface area (Å²) in [5.74, 6) is -1.48. The molecule has 2 atom stereocenters. The predicted molar refractivity (Wildman–Crippen MR) is 147 cm³/mol. The minimum Gasteiger partial charge on any atom is -0.362 e. The summed E-state index contributed by atoms with van der Waals surface area (Å²) < 4.78 is 41.0. The van der Waals surface area contributed by atoms with Crippen LogP contribution >= 0.6 is 11.8 Å². The summed E-state index contributed by atoms with van der Waals surface area (Å²) in [6.07, 6.45) is -1.80. The van der Waals surface area contributed by atoms with Gasteiger partial charge in [0.1, 0.15) is 0 Å². The highest BCUT2D eigenvalue weighted by molar-refractivity contribution is 7.98. The van der Waals surface area contributed by atoms with Gasteiger partial charge in [0, 0.05) is 39.8 Å². The zero-order valence-corrected chi connectivity index (χ0v) is 22.2. The molecule has 200 valence electrons. The monoisotopic (exact) mass is 548 g/mol. The maximum absolute atomic E-state index is 13.7. The number of ketones is 1. The Hall–Kier alpha value is -3.78. The SMILES string of the molecule is CSc1ccc([C@@H]2C(C(=O)Nc3ccccc3C(F)(F)F)=C(C)NC3=C2C(=O)C[C@@H](c2ccccc2)C3)cc1. The van der Waals surface area contributed by atoms with Gasteiger partial charge in [0.05, 0.1) is 11.3 Å². The molecule has 4 nitrogen and oxygen atoms in total. The van der Waals surface area contributed by atoms with Crippen molar-refractivity contribution in [3.63, 3.8) is 0 Å². The van der Waals surface area contributed by atoms with E-state index in [1.54, 1.807) is 18.7 Å². The molecule has 3 aromatic rings. The van der Waals surface area contributed by atoms with Gasteiger partial charge in [-0.2, -0.15) is 13.2 Å². The van der Waals surface area contributed by atoms with Gasteiger partial charge in [0.2, 0.25) is 0 Å². The molecule has 1 aliphatic carbocycles. The van der Waals surface area contributed by atoms with E-state index < -0.39 is 23.6 Å². The van der Waals surface area contributed by atoms with Crippen molar-refractivity contribution < 1.29 is 22.8 Å². The minimum atomic E-state index is -4.63. The topological polar surface area (TPSA) is 58.2 Å². The first-order valence-corrected chi connectivity index (χ1v) is 13.8. The van der Waals surface area contributed by atoms with Gasteiger partial charge in [0.25, 0.3) is 5.91 Å². The number of carbonyl (C=O) groups is 2. The lowest BCUT2D eigenvalue weighted by Gasteiger charge is -2.37. The van der Waals surface area contributed by atoms with Gasteiger partial charge in [-0.3, -0.25) is 9.59 Å². The van der Waals surface area contributed by atoms with Crippen LogP contribution in [-0.4, -0.2) is 17.9 Å². The third-order valence-electron chi connectivity index (χ3n) is 7.27. The molecule has 0 fully saturated rings. The molecule has 0 saturated carbocycles. The molecule has 5 rings (SSSR count). The molecule has 2 N–H and O–H groups in total. The summed E-state index contributed by atoms with van der Waals surface area (Å²) in [6, 6.07) is 22.3. The maximum atomic E-state index is 13.7. The quantitative estimate of drug-likeness (QED) is 0.326. The molecule has 2 aliphatic rings. The van der Waals surface area contributed by atoms with Crippen LogP contribution in [0.5, 0.6) is 0 Å². The predicted octanol–water partition coefficient (Wildman–Crippen LogP) is 7.43. The van der Waals surface area contributed by atoms with Crippen LogP contribution in [0.15, 0.2) is 106 Å². The Morgan fingerprint density at radius 2 is 1.59 bits per heavy atom. The van der Waals surface area contributed by atoms with Gasteiger partial charge in [-0.05, 0) is 60.9 Å². The van der Waals surface area contributed by atoms with E-state index in [9.17, 15) is 22.8 Å². The van der Waals surface area contributed by atoms with E-state index in [1.807, 2.05) is 60.9 Å². The number of rotatable bonds is 5. The largest absolute Gasteiger partial charge is 0.418 e. The van der Waals surface area contributed by atoms with Crippen LogP contribution in [0.2, 0.25) is 0 Å². The van der Waals surface area contributed by atoms with Crippen molar-refractivity contribution in [2.75, 3.05) is 11.6 Å². The molecule has 0 bridgehead atoms. The van der Waals surface area contributed by atoms with Crippen molar-refractivity contribution in [3.05, 3.63) is 118 Å². The molecule has 1 amide bonds. The molecule has 0 aromatic heterocycles. The Balaban J connectivity index is 1.57. The Morgan fingerprint density at radius 3 is 2.26 bits per heavy atom. The lowest BCUT2D eigenvalue weighted by Crippen LogP contribution is -2.37. The van der Waals surface area contributed by atoms with Gasteiger partial charge in [-0.1, -0.05) is 54.6 Å². The molecule has 0 radical (unpaired) electrons. The Bertz CT molecular complexity index is 1480. The Kier molecular flexibility index (Phi) is 7.40. The second kappa shape index (κ2) is 10.8. The summed E-state index contributed by atoms with van der Waals surface area (Å²) in [6.45, 7) is 1.73. The lowest BCUT2D eigenvalue weighted by molar-refractivity contribution is -0.137. The van der Waals surface area contributed by atoms with Gasteiger partial charge in [-0.15, -0.1) is 11.8 Å². The van der Waals surface area contributed by atoms with Crippen molar-refractivity contribution in [1.29, 1.82) is 0 Å². The van der Waals surface area contributed by atoms with Gasteiger partial charge in [0.15, 0.2) is 5.78 Å². The van der Waals surface area contributed by atoms with Gasteiger partial charge < -0.3 is 10.6 Å². The fourth-order valence-corrected chi connectivity index (χ4v) is 5.87. The molecule has 0 saturated heterocycles. The Morgan fingerprint density at radius 1 is 0.923 bits per heavy atom. The van der Waals surface area contributed by atoms with Crippen LogP contribution in [0.1, 0.15) is 48.3 Å². The van der Waals surface area contributed by atoms with E-state index in [0.717, 1.165) is 27.8 Å². The van der Waals surface area contributed by atoms with Crippen LogP contribution in [0.3, 0.4) is 0 Å². The maximum Gasteiger partial charge on any atom is 0.418 e. The van der Waals surface area contributed by atoms with E-state index >= 15 is 0 Å². The van der Waals surface area contributed by atoms with Crippen LogP contribution in [0.25, 0.3) is 0 Å². The normalized spacial score (nSPS) is 19.5. The van der Waals surface area contributed by atoms with E-state index in [2.05, 4.69) is 10.6 Å². The number of anilines is 1. The average Bonchev–Trinajstić information content (AvgIpc) is 2.92. The summed E-state index contributed by atoms with van der Waals surface area (Å²) >= 11 is 1.57. The summed E-state index contributed by atoms with van der Waals surface area (Å²) in [5, 5.41) is 5.77. The third kappa shape index (κ3) is 5.39. The highest BCUT2D eigenvalue weighted by Gasteiger charge is 2.41. The number of nitrogens with one attached hydrogen (secondary N) is 2. The van der Waals surface area contributed by atoms with Crippen molar-refractivity contribution in [2.45, 2.75) is 42.7 Å². The fourth-order valence-electron chi connectivity index (χ4n) is 5.46. The third-order valence-corrected chi connectivity index (χ3v) is 8.02. The Labute approximate surface area is 229 Å².